The summed E-state index contributed by atoms with van der Waals surface area (Å²) in [4.78, 5) is 2.52. The third-order valence-electron chi connectivity index (χ3n) is 7.10. The molecule has 0 aliphatic heterocycles. The lowest BCUT2D eigenvalue weighted by Gasteiger charge is -2.42. The fourth-order valence-corrected chi connectivity index (χ4v) is 14.6. The molecule has 0 aliphatic rings. The lowest BCUT2D eigenvalue weighted by atomic mass is 10.2. The average molecular weight is 513 g/mol. The van der Waals surface area contributed by atoms with E-state index < -0.39 is 17.4 Å². The molecule has 11 heteroatoms. The van der Waals surface area contributed by atoms with Gasteiger partial charge in [0.2, 0.25) is 0 Å². The summed E-state index contributed by atoms with van der Waals surface area (Å²) in [6.07, 6.45) is 7.28. The van der Waals surface area contributed by atoms with Gasteiger partial charge < -0.3 is 32.3 Å². The summed E-state index contributed by atoms with van der Waals surface area (Å²) in [5, 5.41) is 3.68. The van der Waals surface area contributed by atoms with Crippen molar-refractivity contribution in [2.45, 2.75) is 62.8 Å². The van der Waals surface area contributed by atoms with Gasteiger partial charge in [-0.15, -0.1) is 0 Å². The fraction of sp³-hybridized carbons (Fsp3) is 1.00. The van der Waals surface area contributed by atoms with E-state index >= 15 is 0 Å². The van der Waals surface area contributed by atoms with Crippen LogP contribution in [0, 0.1) is 0 Å². The Morgan fingerprint density at radius 2 is 1.45 bits per heavy atom. The number of unbranched alkanes of at least 4 members (excludes halogenated alkanes) is 2. The molecule has 31 heavy (non-hydrogen) atoms. The Morgan fingerprint density at radius 3 is 1.94 bits per heavy atom. The normalized spacial score (nSPS) is 15.4. The highest BCUT2D eigenvalue weighted by Gasteiger charge is 2.48. The molecule has 0 aromatic heterocycles. The van der Waals surface area contributed by atoms with Gasteiger partial charge in [0.05, 0.1) is 0 Å². The Balaban J connectivity index is 4.58. The SMILES string of the molecule is CCN(CC)CCCCCC([SiH3])([SiH2]CNCCC[Si](OC)(OC)OC)[Si](C)(OC)OC. The predicted molar refractivity (Wildman–Crippen MR) is 142 cm³/mol. The van der Waals surface area contributed by atoms with Gasteiger partial charge in [-0.05, 0) is 56.0 Å². The van der Waals surface area contributed by atoms with E-state index in [2.05, 4.69) is 30.6 Å². The van der Waals surface area contributed by atoms with Crippen molar-refractivity contribution >= 4 is 37.1 Å². The van der Waals surface area contributed by atoms with E-state index in [1.165, 1.54) is 32.2 Å². The molecular weight excluding hydrogens is 461 g/mol. The van der Waals surface area contributed by atoms with E-state index in [9.17, 15) is 0 Å². The van der Waals surface area contributed by atoms with Gasteiger partial charge in [-0.25, -0.2) is 0 Å². The maximum Gasteiger partial charge on any atom is 0.500 e. The van der Waals surface area contributed by atoms with E-state index in [0.29, 0.717) is 4.28 Å². The third kappa shape index (κ3) is 10.6. The first-order chi connectivity index (χ1) is 14.8. The van der Waals surface area contributed by atoms with Crippen LogP contribution in [-0.2, 0) is 22.1 Å². The zero-order valence-electron chi connectivity index (χ0n) is 22.0. The maximum atomic E-state index is 6.05. The molecule has 0 amide bonds. The molecule has 7 nitrogen and oxygen atoms in total. The number of nitrogens with one attached hydrogen (secondary N) is 1. The van der Waals surface area contributed by atoms with Crippen LogP contribution in [0.1, 0.15) is 46.0 Å². The zero-order valence-corrected chi connectivity index (χ0v) is 27.4. The molecule has 0 saturated heterocycles. The summed E-state index contributed by atoms with van der Waals surface area (Å²) < 4.78 is 29.0. The predicted octanol–water partition coefficient (Wildman–Crippen LogP) is 1.26. The minimum atomic E-state index is -2.45. The standard InChI is InChI=1S/C20H52N2O5Si4/c1-9-22(10-2)17-13-11-12-15-20(28,30(8,23-3)24-4)29-19-21-16-14-18-31(25-5,26-6)27-7/h21H,9-19,29H2,1-8,28H3. The molecule has 0 saturated carbocycles. The van der Waals surface area contributed by atoms with Gasteiger partial charge in [0.1, 0.15) is 0 Å². The van der Waals surface area contributed by atoms with Crippen molar-refractivity contribution in [3.63, 3.8) is 0 Å². The topological polar surface area (TPSA) is 61.4 Å². The van der Waals surface area contributed by atoms with Crippen molar-refractivity contribution in [2.75, 3.05) is 67.9 Å². The summed E-state index contributed by atoms with van der Waals surface area (Å²) in [6.45, 7) is 11.3. The molecule has 0 aliphatic carbocycles. The zero-order chi connectivity index (χ0) is 23.8. The largest absolute Gasteiger partial charge is 0.500 e. The minimum Gasteiger partial charge on any atom is -0.398 e. The molecule has 1 unspecified atom stereocenters. The summed E-state index contributed by atoms with van der Waals surface area (Å²) in [5.74, 6) is 0. The molecule has 0 radical (unpaired) electrons. The van der Waals surface area contributed by atoms with Crippen molar-refractivity contribution in [1.82, 2.24) is 10.2 Å². The Kier molecular flexibility index (Phi) is 17.4. The van der Waals surface area contributed by atoms with Gasteiger partial charge in [-0.1, -0.05) is 33.1 Å². The molecule has 0 rings (SSSR count). The molecular formula is C20H52N2O5Si4. The highest BCUT2D eigenvalue weighted by atomic mass is 28.4. The minimum absolute atomic E-state index is 0.350. The van der Waals surface area contributed by atoms with Crippen LogP contribution < -0.4 is 5.32 Å². The second-order valence-corrected chi connectivity index (χ2v) is 23.3. The summed E-state index contributed by atoms with van der Waals surface area (Å²) >= 11 is 0. The number of nitrogens with zero attached hydrogens (tertiary/aromatic N) is 1. The Labute approximate surface area is 200 Å². The van der Waals surface area contributed by atoms with Gasteiger partial charge in [-0.2, -0.15) is 0 Å². The van der Waals surface area contributed by atoms with Crippen LogP contribution in [0.3, 0.4) is 0 Å². The van der Waals surface area contributed by atoms with E-state index in [1.807, 2.05) is 14.2 Å². The van der Waals surface area contributed by atoms with Gasteiger partial charge in [0.15, 0.2) is 0 Å². The maximum absolute atomic E-state index is 6.05. The second-order valence-electron chi connectivity index (χ2n) is 8.65. The van der Waals surface area contributed by atoms with Gasteiger partial charge in [-0.3, -0.25) is 0 Å². The molecule has 0 aromatic carbocycles. The van der Waals surface area contributed by atoms with Crippen LogP contribution in [0.4, 0.5) is 0 Å². The Morgan fingerprint density at radius 1 is 0.871 bits per heavy atom. The molecule has 188 valence electrons. The number of rotatable bonds is 21. The monoisotopic (exact) mass is 512 g/mol. The molecule has 0 heterocycles. The first kappa shape index (κ1) is 31.6. The molecule has 1 N–H and O–H groups in total. The average Bonchev–Trinajstić information content (AvgIpc) is 2.80. The van der Waals surface area contributed by atoms with E-state index in [0.717, 1.165) is 48.5 Å². The van der Waals surface area contributed by atoms with Crippen LogP contribution in [0.2, 0.25) is 16.9 Å². The van der Waals surface area contributed by atoms with Crippen molar-refractivity contribution in [1.29, 1.82) is 0 Å². The van der Waals surface area contributed by atoms with Crippen LogP contribution in [-0.4, -0.2) is 110 Å². The van der Waals surface area contributed by atoms with Gasteiger partial charge >= 0.3 is 17.4 Å². The number of hydrogen-bond donors (Lipinski definition) is 1. The second kappa shape index (κ2) is 17.1. The highest BCUT2D eigenvalue weighted by molar-refractivity contribution is 6.88. The van der Waals surface area contributed by atoms with E-state index in [-0.39, 0.29) is 9.52 Å². The lowest BCUT2D eigenvalue weighted by molar-refractivity contribution is 0.123. The lowest BCUT2D eigenvalue weighted by Crippen LogP contribution is -2.55. The Bertz CT molecular complexity index is 434. The molecule has 0 spiro atoms. The van der Waals surface area contributed by atoms with Crippen molar-refractivity contribution in [2.24, 2.45) is 0 Å². The molecule has 0 aromatic rings. The van der Waals surface area contributed by atoms with E-state index in [4.69, 9.17) is 22.1 Å². The van der Waals surface area contributed by atoms with E-state index in [1.54, 1.807) is 21.3 Å². The third-order valence-corrected chi connectivity index (χ3v) is 23.4. The molecule has 1 atom stereocenters. The highest BCUT2D eigenvalue weighted by Crippen LogP contribution is 2.39. The Hall–Kier alpha value is 0.588. The first-order valence-electron chi connectivity index (χ1n) is 11.9. The van der Waals surface area contributed by atoms with Gasteiger partial charge in [0.25, 0.3) is 0 Å². The summed E-state index contributed by atoms with van der Waals surface area (Å²) in [5.41, 5.74) is 0. The van der Waals surface area contributed by atoms with Gasteiger partial charge in [0, 0.05) is 61.4 Å². The van der Waals surface area contributed by atoms with Crippen LogP contribution >= 0.6 is 0 Å². The summed E-state index contributed by atoms with van der Waals surface area (Å²) in [7, 11) is 4.93. The smallest absolute Gasteiger partial charge is 0.398 e. The quantitative estimate of drug-likeness (QED) is 0.183. The first-order valence-corrected chi connectivity index (χ1v) is 18.9. The fourth-order valence-electron chi connectivity index (χ4n) is 4.20. The summed E-state index contributed by atoms with van der Waals surface area (Å²) in [6, 6.07) is 0.840. The van der Waals surface area contributed by atoms with Crippen LogP contribution in [0.5, 0.6) is 0 Å². The molecule has 0 fully saturated rings. The molecule has 0 bridgehead atoms. The van der Waals surface area contributed by atoms with Crippen molar-refractivity contribution in [3.8, 4) is 0 Å². The van der Waals surface area contributed by atoms with Crippen molar-refractivity contribution < 1.29 is 22.1 Å². The number of hydrogen-bond acceptors (Lipinski definition) is 7. The van der Waals surface area contributed by atoms with Crippen LogP contribution in [0.15, 0.2) is 0 Å². The van der Waals surface area contributed by atoms with Crippen molar-refractivity contribution in [3.05, 3.63) is 0 Å². The van der Waals surface area contributed by atoms with Crippen LogP contribution in [0.25, 0.3) is 0 Å².